The monoisotopic (exact) mass is 337 g/mol. The molecular formula is C15H15NO4S2. The molecule has 2 aromatic rings. The molecule has 1 heterocycles. The molecule has 0 aliphatic rings. The van der Waals surface area contributed by atoms with Crippen LogP contribution in [-0.2, 0) is 14.3 Å². The van der Waals surface area contributed by atoms with Crippen molar-refractivity contribution in [2.45, 2.75) is 10.8 Å². The van der Waals surface area contributed by atoms with Crippen molar-refractivity contribution in [2.24, 2.45) is 5.92 Å². The average molecular weight is 337 g/mol. The van der Waals surface area contributed by atoms with Crippen LogP contribution in [0.2, 0.25) is 0 Å². The van der Waals surface area contributed by atoms with Crippen molar-refractivity contribution in [1.82, 2.24) is 4.98 Å². The van der Waals surface area contributed by atoms with Gasteiger partial charge in [0.25, 0.3) is 0 Å². The molecule has 0 spiro atoms. The zero-order chi connectivity index (χ0) is 15.9. The molecule has 0 saturated carbocycles. The number of esters is 1. The molecule has 7 heteroatoms. The molecule has 1 aromatic carbocycles. The first-order valence-corrected chi connectivity index (χ1v) is 8.38. The van der Waals surface area contributed by atoms with Crippen LogP contribution in [0.3, 0.4) is 0 Å². The van der Waals surface area contributed by atoms with E-state index < -0.39 is 17.9 Å². The van der Waals surface area contributed by atoms with Crippen molar-refractivity contribution < 1.29 is 19.4 Å². The first kappa shape index (κ1) is 16.5. The molecular weight excluding hydrogens is 322 g/mol. The predicted molar refractivity (Wildman–Crippen MR) is 87.2 cm³/mol. The topological polar surface area (TPSA) is 76.5 Å². The number of thiazole rings is 1. The first-order chi connectivity index (χ1) is 10.6. The Morgan fingerprint density at radius 3 is 2.91 bits per heavy atom. The molecule has 0 aliphatic carbocycles. The summed E-state index contributed by atoms with van der Waals surface area (Å²) >= 11 is 2.90. The van der Waals surface area contributed by atoms with E-state index in [0.717, 1.165) is 14.6 Å². The van der Waals surface area contributed by atoms with Gasteiger partial charge in [0.2, 0.25) is 0 Å². The predicted octanol–water partition coefficient (Wildman–Crippen LogP) is 3.21. The van der Waals surface area contributed by atoms with E-state index in [1.54, 1.807) is 0 Å². The number of carboxylic acid groups (broad SMARTS) is 1. The second-order valence-corrected chi connectivity index (χ2v) is 6.77. The van der Waals surface area contributed by atoms with Gasteiger partial charge >= 0.3 is 11.9 Å². The molecule has 1 N–H and O–H groups in total. The van der Waals surface area contributed by atoms with Gasteiger partial charge in [0, 0.05) is 5.75 Å². The van der Waals surface area contributed by atoms with Crippen molar-refractivity contribution in [3.63, 3.8) is 0 Å². The van der Waals surface area contributed by atoms with Crippen LogP contribution in [-0.4, -0.2) is 34.4 Å². The number of fused-ring (bicyclic) bond motifs is 1. The Morgan fingerprint density at radius 2 is 2.23 bits per heavy atom. The first-order valence-electron chi connectivity index (χ1n) is 6.58. The van der Waals surface area contributed by atoms with Crippen LogP contribution >= 0.6 is 23.1 Å². The van der Waals surface area contributed by atoms with Crippen molar-refractivity contribution in [2.75, 3.05) is 12.4 Å². The lowest BCUT2D eigenvalue weighted by molar-refractivity contribution is -0.151. The second kappa shape index (κ2) is 7.95. The maximum absolute atomic E-state index is 11.9. The molecule has 0 saturated heterocycles. The fourth-order valence-corrected chi connectivity index (χ4v) is 3.93. The number of carboxylic acids is 1. The number of thioether (sulfide) groups is 1. The maximum atomic E-state index is 11.9. The fraction of sp³-hybridized carbons (Fsp3) is 0.267. The zero-order valence-corrected chi connectivity index (χ0v) is 13.4. The molecule has 0 aliphatic heterocycles. The Morgan fingerprint density at radius 1 is 1.45 bits per heavy atom. The number of ether oxygens (including phenoxy) is 1. The Kier molecular flexibility index (Phi) is 5.97. The summed E-state index contributed by atoms with van der Waals surface area (Å²) < 4.78 is 6.83. The summed E-state index contributed by atoms with van der Waals surface area (Å²) in [5.74, 6) is -1.92. The standard InChI is InChI=1S/C15H15NO4S2/c1-2-7-20-14(19)10(8-13(17)18)9-21-15-16-11-5-3-4-6-12(11)22-15/h2-6,10H,1,7-9H2,(H,17,18). The number of hydrogen-bond donors (Lipinski definition) is 1. The van der Waals surface area contributed by atoms with E-state index in [1.807, 2.05) is 24.3 Å². The third-order valence-corrected chi connectivity index (χ3v) is 5.12. The quantitative estimate of drug-likeness (QED) is 0.453. The molecule has 1 unspecified atom stereocenters. The van der Waals surface area contributed by atoms with Gasteiger partial charge in [-0.05, 0) is 12.1 Å². The Labute approximate surface area is 136 Å². The second-order valence-electron chi connectivity index (χ2n) is 4.47. The van der Waals surface area contributed by atoms with Crippen LogP contribution in [0.4, 0.5) is 0 Å². The van der Waals surface area contributed by atoms with Crippen LogP contribution in [0.1, 0.15) is 6.42 Å². The Balaban J connectivity index is 2.01. The smallest absolute Gasteiger partial charge is 0.310 e. The third kappa shape index (κ3) is 4.57. The summed E-state index contributed by atoms with van der Waals surface area (Å²) in [5, 5.41) is 8.92. The third-order valence-electron chi connectivity index (χ3n) is 2.78. The lowest BCUT2D eigenvalue weighted by Crippen LogP contribution is -2.23. The van der Waals surface area contributed by atoms with Gasteiger partial charge in [-0.2, -0.15) is 0 Å². The van der Waals surface area contributed by atoms with E-state index in [2.05, 4.69) is 11.6 Å². The highest BCUT2D eigenvalue weighted by Crippen LogP contribution is 2.31. The van der Waals surface area contributed by atoms with E-state index in [-0.39, 0.29) is 13.0 Å². The number of para-hydroxylation sites is 1. The van der Waals surface area contributed by atoms with Crippen LogP contribution in [0.5, 0.6) is 0 Å². The molecule has 22 heavy (non-hydrogen) atoms. The van der Waals surface area contributed by atoms with Crippen LogP contribution < -0.4 is 0 Å². The largest absolute Gasteiger partial charge is 0.481 e. The minimum Gasteiger partial charge on any atom is -0.481 e. The van der Waals surface area contributed by atoms with Gasteiger partial charge in [-0.3, -0.25) is 9.59 Å². The molecule has 116 valence electrons. The van der Waals surface area contributed by atoms with Gasteiger partial charge in [-0.25, -0.2) is 4.98 Å². The number of benzene rings is 1. The lowest BCUT2D eigenvalue weighted by Gasteiger charge is -2.12. The number of carbonyl (C=O) groups excluding carboxylic acids is 1. The highest BCUT2D eigenvalue weighted by atomic mass is 32.2. The van der Waals surface area contributed by atoms with E-state index in [1.165, 1.54) is 29.2 Å². The summed E-state index contributed by atoms with van der Waals surface area (Å²) in [6.07, 6.45) is 1.20. The molecule has 2 rings (SSSR count). The molecule has 1 aromatic heterocycles. The van der Waals surface area contributed by atoms with Crippen molar-refractivity contribution in [1.29, 1.82) is 0 Å². The zero-order valence-electron chi connectivity index (χ0n) is 11.7. The van der Waals surface area contributed by atoms with Gasteiger partial charge in [0.1, 0.15) is 6.61 Å². The summed E-state index contributed by atoms with van der Waals surface area (Å²) in [6.45, 7) is 3.55. The molecule has 5 nitrogen and oxygen atoms in total. The summed E-state index contributed by atoms with van der Waals surface area (Å²) in [7, 11) is 0. The molecule has 0 bridgehead atoms. The van der Waals surface area contributed by atoms with Gasteiger partial charge in [0.05, 0.1) is 22.6 Å². The fourth-order valence-electron chi connectivity index (χ4n) is 1.76. The van der Waals surface area contributed by atoms with Crippen LogP contribution in [0.25, 0.3) is 10.2 Å². The summed E-state index contributed by atoms with van der Waals surface area (Å²) in [6, 6.07) is 7.75. The number of carbonyl (C=O) groups is 2. The van der Waals surface area contributed by atoms with Crippen molar-refractivity contribution in [3.8, 4) is 0 Å². The van der Waals surface area contributed by atoms with Gasteiger partial charge in [0.15, 0.2) is 4.34 Å². The van der Waals surface area contributed by atoms with Crippen LogP contribution in [0.15, 0.2) is 41.3 Å². The Hall–Kier alpha value is -1.86. The van der Waals surface area contributed by atoms with Crippen molar-refractivity contribution >= 4 is 45.3 Å². The number of nitrogens with zero attached hydrogens (tertiary/aromatic N) is 1. The number of rotatable bonds is 8. The lowest BCUT2D eigenvalue weighted by atomic mass is 10.1. The van der Waals surface area contributed by atoms with E-state index in [4.69, 9.17) is 9.84 Å². The number of aromatic nitrogens is 1. The highest BCUT2D eigenvalue weighted by molar-refractivity contribution is 8.01. The van der Waals surface area contributed by atoms with Crippen molar-refractivity contribution in [3.05, 3.63) is 36.9 Å². The highest BCUT2D eigenvalue weighted by Gasteiger charge is 2.24. The van der Waals surface area contributed by atoms with Crippen LogP contribution in [0, 0.1) is 5.92 Å². The summed E-state index contributed by atoms with van der Waals surface area (Å²) in [5.41, 5.74) is 0.902. The van der Waals surface area contributed by atoms with Gasteiger partial charge in [-0.1, -0.05) is 36.5 Å². The van der Waals surface area contributed by atoms with E-state index in [9.17, 15) is 9.59 Å². The molecule has 1 atom stereocenters. The Bertz CT molecular complexity index is 650. The maximum Gasteiger partial charge on any atom is 0.310 e. The average Bonchev–Trinajstić information content (AvgIpc) is 2.91. The summed E-state index contributed by atoms with van der Waals surface area (Å²) in [4.78, 5) is 27.2. The SMILES string of the molecule is C=CCOC(=O)C(CSc1nc2ccccc2s1)CC(=O)O. The minimum absolute atomic E-state index is 0.0841. The van der Waals surface area contributed by atoms with E-state index >= 15 is 0 Å². The molecule has 0 amide bonds. The van der Waals surface area contributed by atoms with Gasteiger partial charge < -0.3 is 9.84 Å². The van der Waals surface area contributed by atoms with Gasteiger partial charge in [-0.15, -0.1) is 11.3 Å². The normalized spacial score (nSPS) is 12.0. The minimum atomic E-state index is -1.02. The number of aliphatic carboxylic acids is 1. The molecule has 0 radical (unpaired) electrons. The molecule has 0 fully saturated rings. The van der Waals surface area contributed by atoms with E-state index in [0.29, 0.717) is 5.75 Å². The number of hydrogen-bond acceptors (Lipinski definition) is 6.